The van der Waals surface area contributed by atoms with Crippen molar-refractivity contribution < 1.29 is 33.4 Å². The summed E-state index contributed by atoms with van der Waals surface area (Å²) in [6, 6.07) is 5.61. The van der Waals surface area contributed by atoms with E-state index in [0.29, 0.717) is 0 Å². The predicted molar refractivity (Wildman–Crippen MR) is 46.8 cm³/mol. The second-order valence-electron chi connectivity index (χ2n) is 2.49. The van der Waals surface area contributed by atoms with Crippen LogP contribution in [0, 0.1) is 11.3 Å². The Kier molecular flexibility index (Phi) is 5.79. The van der Waals surface area contributed by atoms with Crippen LogP contribution in [-0.4, -0.2) is 12.8 Å². The number of nitriles is 1. The minimum atomic E-state index is 0. The second-order valence-corrected chi connectivity index (χ2v) is 2.49. The zero-order valence-corrected chi connectivity index (χ0v) is 10.1. The van der Waals surface area contributed by atoms with Crippen molar-refractivity contribution in [3.63, 3.8) is 0 Å². The molecule has 74 valence electrons. The zero-order chi connectivity index (χ0) is 9.68. The number of nitrogens with zero attached hydrogens (tertiary/aromatic N) is 3. The third kappa shape index (κ3) is 3.30. The van der Waals surface area contributed by atoms with Gasteiger partial charge in [0.05, 0.1) is 5.56 Å². The average Bonchev–Trinajstić information content (AvgIpc) is 2.14. The summed E-state index contributed by atoms with van der Waals surface area (Å²) in [6.45, 7) is 0. The molecule has 0 aliphatic carbocycles. The van der Waals surface area contributed by atoms with Crippen LogP contribution in [0.15, 0.2) is 29.7 Å². The van der Waals surface area contributed by atoms with Gasteiger partial charge < -0.3 is 28.8 Å². The second kappa shape index (κ2) is 6.32. The first-order valence-corrected chi connectivity index (χ1v) is 3.75. The molecule has 0 N–H and O–H groups in total. The third-order valence-electron chi connectivity index (χ3n) is 1.50. The maximum Gasteiger partial charge on any atom is 0.192 e. The van der Waals surface area contributed by atoms with Crippen molar-refractivity contribution >= 4 is 5.71 Å². The average molecular weight is 303 g/mol. The lowest BCUT2D eigenvalue weighted by atomic mass is 10.2. The van der Waals surface area contributed by atoms with Crippen LogP contribution < -0.4 is 28.5 Å². The molecule has 1 aromatic rings. The van der Waals surface area contributed by atoms with Crippen LogP contribution in [0.5, 0.6) is 0 Å². The number of hydrogen-bond acceptors (Lipinski definition) is 3. The highest BCUT2D eigenvalue weighted by Crippen LogP contribution is 1.97. The van der Waals surface area contributed by atoms with Gasteiger partial charge in [0.25, 0.3) is 0 Å². The maximum atomic E-state index is 8.73. The van der Waals surface area contributed by atoms with E-state index in [4.69, 9.17) is 5.26 Å². The van der Waals surface area contributed by atoms with E-state index in [1.807, 2.05) is 29.9 Å². The zero-order valence-electron chi connectivity index (χ0n) is 7.94. The molecule has 0 aromatic carbocycles. The molecule has 0 bridgehead atoms. The van der Waals surface area contributed by atoms with E-state index >= 15 is 0 Å². The van der Waals surface area contributed by atoms with Gasteiger partial charge in [0.2, 0.25) is 0 Å². The number of halogens is 1. The van der Waals surface area contributed by atoms with Gasteiger partial charge in [-0.05, 0) is 6.07 Å². The van der Waals surface area contributed by atoms with E-state index in [-0.39, 0.29) is 29.7 Å². The smallest absolute Gasteiger partial charge is 0.192 e. The van der Waals surface area contributed by atoms with Crippen molar-refractivity contribution in [2.24, 2.45) is 12.2 Å². The molecule has 0 aliphatic heterocycles. The number of pyridine rings is 1. The van der Waals surface area contributed by atoms with E-state index in [9.17, 15) is 0 Å². The van der Waals surface area contributed by atoms with Crippen LogP contribution in [0.1, 0.15) is 5.56 Å². The van der Waals surface area contributed by atoms with E-state index in [0.717, 1.165) is 5.56 Å². The SMILES string of the molecule is CON=C(C#N)c1ccc[n+](C)c1.[I-]. The molecule has 0 spiro atoms. The molecule has 14 heavy (non-hydrogen) atoms. The van der Waals surface area contributed by atoms with Crippen LogP contribution in [0.3, 0.4) is 0 Å². The summed E-state index contributed by atoms with van der Waals surface area (Å²) in [6.07, 6.45) is 3.69. The summed E-state index contributed by atoms with van der Waals surface area (Å²) in [5.74, 6) is 0. The minimum Gasteiger partial charge on any atom is -1.00 e. The Morgan fingerprint density at radius 1 is 1.64 bits per heavy atom. The summed E-state index contributed by atoms with van der Waals surface area (Å²) in [5, 5.41) is 12.3. The lowest BCUT2D eigenvalue weighted by Crippen LogP contribution is -3.00. The van der Waals surface area contributed by atoms with Gasteiger partial charge in [-0.1, -0.05) is 5.16 Å². The minimum absolute atomic E-state index is 0. The van der Waals surface area contributed by atoms with E-state index < -0.39 is 0 Å². The van der Waals surface area contributed by atoms with Crippen LogP contribution in [0.2, 0.25) is 0 Å². The van der Waals surface area contributed by atoms with Crippen molar-refractivity contribution in [1.82, 2.24) is 0 Å². The van der Waals surface area contributed by atoms with Crippen molar-refractivity contribution in [3.05, 3.63) is 30.1 Å². The molecule has 1 rings (SSSR count). The molecule has 4 nitrogen and oxygen atoms in total. The monoisotopic (exact) mass is 303 g/mol. The predicted octanol–water partition coefficient (Wildman–Crippen LogP) is -2.61. The fourth-order valence-corrected chi connectivity index (χ4v) is 0.957. The normalized spacial score (nSPS) is 9.93. The van der Waals surface area contributed by atoms with E-state index in [2.05, 4.69) is 9.99 Å². The first-order valence-electron chi connectivity index (χ1n) is 3.75. The summed E-state index contributed by atoms with van der Waals surface area (Å²) >= 11 is 0. The Morgan fingerprint density at radius 2 is 2.36 bits per heavy atom. The molecular weight excluding hydrogens is 293 g/mol. The highest BCUT2D eigenvalue weighted by Gasteiger charge is 2.06. The fourth-order valence-electron chi connectivity index (χ4n) is 0.957. The van der Waals surface area contributed by atoms with E-state index in [1.54, 1.807) is 12.3 Å². The first-order chi connectivity index (χ1) is 6.27. The first kappa shape index (κ1) is 12.8. The number of oxime groups is 1. The molecule has 0 fully saturated rings. The largest absolute Gasteiger partial charge is 1.00 e. The molecule has 0 saturated carbocycles. The molecule has 1 aromatic heterocycles. The van der Waals surface area contributed by atoms with E-state index in [1.165, 1.54) is 7.11 Å². The van der Waals surface area contributed by atoms with Gasteiger partial charge in [-0.25, -0.2) is 4.57 Å². The van der Waals surface area contributed by atoms with Crippen LogP contribution >= 0.6 is 0 Å². The topological polar surface area (TPSA) is 49.3 Å². The molecule has 5 heteroatoms. The molecule has 1 heterocycles. The van der Waals surface area contributed by atoms with Crippen molar-refractivity contribution in [3.8, 4) is 6.07 Å². The van der Waals surface area contributed by atoms with Gasteiger partial charge in [0.1, 0.15) is 20.2 Å². The van der Waals surface area contributed by atoms with Crippen LogP contribution in [0.4, 0.5) is 0 Å². The Hall–Kier alpha value is -1.16. The Balaban J connectivity index is 0.00000169. The van der Waals surface area contributed by atoms with Gasteiger partial charge in [-0.15, -0.1) is 0 Å². The van der Waals surface area contributed by atoms with Crippen molar-refractivity contribution in [2.45, 2.75) is 0 Å². The van der Waals surface area contributed by atoms with Gasteiger partial charge >= 0.3 is 0 Å². The van der Waals surface area contributed by atoms with Crippen LogP contribution in [-0.2, 0) is 11.9 Å². The van der Waals surface area contributed by atoms with Crippen LogP contribution in [0.25, 0.3) is 0 Å². The highest BCUT2D eigenvalue weighted by molar-refractivity contribution is 6.10. The molecule has 0 unspecified atom stereocenters. The molecule has 0 saturated heterocycles. The molecular formula is C9H10IN3O. The Labute approximate surface area is 99.8 Å². The van der Waals surface area contributed by atoms with Crippen molar-refractivity contribution in [2.75, 3.05) is 7.11 Å². The van der Waals surface area contributed by atoms with Crippen molar-refractivity contribution in [1.29, 1.82) is 5.26 Å². The van der Waals surface area contributed by atoms with Gasteiger partial charge in [0.15, 0.2) is 18.1 Å². The third-order valence-corrected chi connectivity index (χ3v) is 1.50. The molecule has 0 radical (unpaired) electrons. The maximum absolute atomic E-state index is 8.73. The Morgan fingerprint density at radius 3 is 2.86 bits per heavy atom. The lowest BCUT2D eigenvalue weighted by molar-refractivity contribution is -0.671. The Bertz CT molecular complexity index is 371. The number of aromatic nitrogens is 1. The number of hydrogen-bond donors (Lipinski definition) is 0. The standard InChI is InChI=1S/C9H10N3O.HI/c1-12-5-3-4-8(7-12)9(6-10)11-13-2;/h3-5,7H,1-2H3;1H/q+1;/p-1. The van der Waals surface area contributed by atoms with Gasteiger partial charge in [-0.2, -0.15) is 5.26 Å². The fraction of sp³-hybridized carbons (Fsp3) is 0.222. The van der Waals surface area contributed by atoms with Gasteiger partial charge in [0, 0.05) is 6.07 Å². The summed E-state index contributed by atoms with van der Waals surface area (Å²) < 4.78 is 1.85. The summed E-state index contributed by atoms with van der Waals surface area (Å²) in [5.41, 5.74) is 1.02. The molecule has 0 atom stereocenters. The highest BCUT2D eigenvalue weighted by atomic mass is 127. The summed E-state index contributed by atoms with van der Waals surface area (Å²) in [7, 11) is 3.30. The quantitative estimate of drug-likeness (QED) is 0.260. The summed E-state index contributed by atoms with van der Waals surface area (Å²) in [4.78, 5) is 4.55. The molecule has 0 amide bonds. The van der Waals surface area contributed by atoms with Gasteiger partial charge in [-0.3, -0.25) is 0 Å². The lowest BCUT2D eigenvalue weighted by Gasteiger charge is -1.94. The number of rotatable bonds is 2. The molecule has 0 aliphatic rings. The number of aryl methyl sites for hydroxylation is 1.